The molecule has 3 heteroatoms. The minimum Gasteiger partial charge on any atom is -0.166 e. The van der Waals surface area contributed by atoms with Gasteiger partial charge in [-0.05, 0) is 53.7 Å². The Labute approximate surface area is 116 Å². The average molecular weight is 276 g/mol. The standard InChI is InChI=1S/C17H15F3/c18-17(19,20)13-6-1-10(2-7-13)3-8-14-15-11-4-5-12(9-11)16(14)15/h1-8,11-12,14-16H,9H2/b8-3+/t11-,12+,14?,15-,16+. The topological polar surface area (TPSA) is 0 Å². The largest absolute Gasteiger partial charge is 0.416 e. The summed E-state index contributed by atoms with van der Waals surface area (Å²) in [5.41, 5.74) is 0.267. The van der Waals surface area contributed by atoms with Crippen molar-refractivity contribution in [1.29, 1.82) is 0 Å². The van der Waals surface area contributed by atoms with Gasteiger partial charge in [0.15, 0.2) is 0 Å². The van der Waals surface area contributed by atoms with Gasteiger partial charge >= 0.3 is 6.18 Å². The Morgan fingerprint density at radius 1 is 0.950 bits per heavy atom. The van der Waals surface area contributed by atoms with Crippen LogP contribution in [-0.2, 0) is 6.18 Å². The Kier molecular flexibility index (Phi) is 2.45. The van der Waals surface area contributed by atoms with Crippen LogP contribution in [0.4, 0.5) is 13.2 Å². The van der Waals surface area contributed by atoms with Gasteiger partial charge in [-0.25, -0.2) is 0 Å². The summed E-state index contributed by atoms with van der Waals surface area (Å²) in [6.07, 6.45) is 5.93. The summed E-state index contributed by atoms with van der Waals surface area (Å²) < 4.78 is 37.4. The third-order valence-electron chi connectivity index (χ3n) is 5.08. The molecular weight excluding hydrogens is 261 g/mol. The van der Waals surface area contributed by atoms with E-state index in [-0.39, 0.29) is 0 Å². The second kappa shape index (κ2) is 4.00. The quantitative estimate of drug-likeness (QED) is 0.681. The van der Waals surface area contributed by atoms with Gasteiger partial charge in [0.25, 0.3) is 0 Å². The lowest BCUT2D eigenvalue weighted by Crippen LogP contribution is -2.03. The third-order valence-corrected chi connectivity index (χ3v) is 5.08. The van der Waals surface area contributed by atoms with Crippen LogP contribution in [0.15, 0.2) is 42.5 Å². The van der Waals surface area contributed by atoms with E-state index in [2.05, 4.69) is 18.2 Å². The fourth-order valence-electron chi connectivity index (χ4n) is 4.12. The monoisotopic (exact) mass is 276 g/mol. The number of hydrogen-bond acceptors (Lipinski definition) is 0. The lowest BCUT2D eigenvalue weighted by molar-refractivity contribution is -0.137. The van der Waals surface area contributed by atoms with E-state index in [4.69, 9.17) is 0 Å². The number of benzene rings is 1. The molecule has 0 aliphatic heterocycles. The smallest absolute Gasteiger partial charge is 0.166 e. The second-order valence-electron chi connectivity index (χ2n) is 6.16. The molecule has 5 atom stereocenters. The Morgan fingerprint density at radius 2 is 1.55 bits per heavy atom. The van der Waals surface area contributed by atoms with Crippen molar-refractivity contribution in [3.63, 3.8) is 0 Å². The molecule has 0 saturated heterocycles. The molecule has 2 fully saturated rings. The number of alkyl halides is 3. The maximum Gasteiger partial charge on any atom is 0.416 e. The van der Waals surface area contributed by atoms with E-state index >= 15 is 0 Å². The van der Waals surface area contributed by atoms with Crippen LogP contribution in [0.3, 0.4) is 0 Å². The van der Waals surface area contributed by atoms with Crippen molar-refractivity contribution < 1.29 is 13.2 Å². The summed E-state index contributed by atoms with van der Waals surface area (Å²) in [6, 6.07) is 5.39. The molecule has 3 aliphatic rings. The lowest BCUT2D eigenvalue weighted by Gasteiger charge is -2.06. The molecule has 0 heterocycles. The first-order valence-corrected chi connectivity index (χ1v) is 7.08. The average Bonchev–Trinajstić information content (AvgIpc) is 2.79. The summed E-state index contributed by atoms with van der Waals surface area (Å²) in [6.45, 7) is 0. The van der Waals surface area contributed by atoms with Crippen LogP contribution in [0, 0.1) is 29.6 Å². The molecule has 2 saturated carbocycles. The number of fused-ring (bicyclic) bond motifs is 5. The Bertz CT molecular complexity index is 561. The summed E-state index contributed by atoms with van der Waals surface area (Å²) >= 11 is 0. The van der Waals surface area contributed by atoms with Crippen molar-refractivity contribution in [1.82, 2.24) is 0 Å². The number of rotatable bonds is 2. The van der Waals surface area contributed by atoms with Crippen molar-refractivity contribution in [2.24, 2.45) is 29.6 Å². The second-order valence-corrected chi connectivity index (χ2v) is 6.16. The van der Waals surface area contributed by atoms with E-state index in [9.17, 15) is 13.2 Å². The van der Waals surface area contributed by atoms with Crippen molar-refractivity contribution in [2.75, 3.05) is 0 Å². The maximum absolute atomic E-state index is 12.5. The van der Waals surface area contributed by atoms with Gasteiger partial charge in [-0.1, -0.05) is 36.4 Å². The summed E-state index contributed by atoms with van der Waals surface area (Å²) in [5.74, 6) is 3.75. The van der Waals surface area contributed by atoms with Gasteiger partial charge in [0.1, 0.15) is 0 Å². The van der Waals surface area contributed by atoms with E-state index < -0.39 is 11.7 Å². The molecule has 1 unspecified atom stereocenters. The van der Waals surface area contributed by atoms with Gasteiger partial charge in [0.2, 0.25) is 0 Å². The van der Waals surface area contributed by atoms with Crippen LogP contribution in [0.5, 0.6) is 0 Å². The minimum absolute atomic E-state index is 0.583. The third kappa shape index (κ3) is 1.83. The van der Waals surface area contributed by atoms with Crippen molar-refractivity contribution in [3.8, 4) is 0 Å². The molecule has 0 aromatic heterocycles. The highest BCUT2D eigenvalue weighted by molar-refractivity contribution is 5.51. The van der Waals surface area contributed by atoms with E-state index in [0.29, 0.717) is 5.92 Å². The summed E-state index contributed by atoms with van der Waals surface area (Å²) in [4.78, 5) is 0. The van der Waals surface area contributed by atoms with Gasteiger partial charge in [-0.2, -0.15) is 13.2 Å². The number of allylic oxidation sites excluding steroid dienone is 3. The Balaban J connectivity index is 1.44. The van der Waals surface area contributed by atoms with E-state index in [0.717, 1.165) is 41.4 Å². The fraction of sp³-hybridized carbons (Fsp3) is 0.412. The number of halogens is 3. The molecule has 4 rings (SSSR count). The molecule has 0 radical (unpaired) electrons. The molecule has 0 N–H and O–H groups in total. The van der Waals surface area contributed by atoms with E-state index in [1.165, 1.54) is 6.42 Å². The highest BCUT2D eigenvalue weighted by atomic mass is 19.4. The lowest BCUT2D eigenvalue weighted by atomic mass is 10.0. The molecule has 3 aliphatic carbocycles. The first-order chi connectivity index (χ1) is 9.54. The van der Waals surface area contributed by atoms with Crippen molar-refractivity contribution >= 4 is 6.08 Å². The summed E-state index contributed by atoms with van der Waals surface area (Å²) in [5, 5.41) is 0. The Morgan fingerprint density at radius 3 is 2.10 bits per heavy atom. The zero-order valence-electron chi connectivity index (χ0n) is 10.8. The molecule has 104 valence electrons. The zero-order chi connectivity index (χ0) is 13.9. The predicted octanol–water partition coefficient (Wildman–Crippen LogP) is 4.79. The highest BCUT2D eigenvalue weighted by Gasteiger charge is 2.61. The van der Waals surface area contributed by atoms with Crippen molar-refractivity contribution in [3.05, 3.63) is 53.6 Å². The van der Waals surface area contributed by atoms with Gasteiger partial charge in [0.05, 0.1) is 5.56 Å². The van der Waals surface area contributed by atoms with Crippen LogP contribution in [0.2, 0.25) is 0 Å². The number of hydrogen-bond donors (Lipinski definition) is 0. The molecule has 20 heavy (non-hydrogen) atoms. The first-order valence-electron chi connectivity index (χ1n) is 7.08. The SMILES string of the molecule is FC(F)(F)c1ccc(/C=C/C2[C@@H]3[C@H]2[C@H]2C=C[C@@H]3C2)cc1. The Hall–Kier alpha value is -1.51. The molecule has 2 bridgehead atoms. The molecule has 0 nitrogen and oxygen atoms in total. The molecule has 1 aromatic carbocycles. The molecule has 0 amide bonds. The molecule has 0 spiro atoms. The summed E-state index contributed by atoms with van der Waals surface area (Å²) in [7, 11) is 0. The zero-order valence-corrected chi connectivity index (χ0v) is 10.8. The fourth-order valence-corrected chi connectivity index (χ4v) is 4.12. The highest BCUT2D eigenvalue weighted by Crippen LogP contribution is 2.67. The van der Waals surface area contributed by atoms with E-state index in [1.54, 1.807) is 12.1 Å². The van der Waals surface area contributed by atoms with Gasteiger partial charge in [-0.3, -0.25) is 0 Å². The van der Waals surface area contributed by atoms with Crippen LogP contribution >= 0.6 is 0 Å². The van der Waals surface area contributed by atoms with Gasteiger partial charge < -0.3 is 0 Å². The van der Waals surface area contributed by atoms with Gasteiger partial charge in [0, 0.05) is 0 Å². The van der Waals surface area contributed by atoms with E-state index in [1.807, 2.05) is 6.08 Å². The van der Waals surface area contributed by atoms with Gasteiger partial charge in [-0.15, -0.1) is 0 Å². The van der Waals surface area contributed by atoms with Crippen LogP contribution in [0.1, 0.15) is 17.5 Å². The van der Waals surface area contributed by atoms with Crippen LogP contribution < -0.4 is 0 Å². The normalized spacial score (nSPS) is 37.6. The molecule has 1 aromatic rings. The minimum atomic E-state index is -4.25. The predicted molar refractivity (Wildman–Crippen MR) is 71.7 cm³/mol. The van der Waals surface area contributed by atoms with Crippen LogP contribution in [0.25, 0.3) is 6.08 Å². The molecular formula is C17H15F3. The van der Waals surface area contributed by atoms with Crippen LogP contribution in [-0.4, -0.2) is 0 Å². The maximum atomic E-state index is 12.5. The van der Waals surface area contributed by atoms with Crippen molar-refractivity contribution in [2.45, 2.75) is 12.6 Å². The first kappa shape index (κ1) is 12.2.